The second-order valence-corrected chi connectivity index (χ2v) is 5.54. The number of rotatable bonds is 4. The normalized spacial score (nSPS) is 10.0. The van der Waals surface area contributed by atoms with Gasteiger partial charge in [-0.05, 0) is 36.4 Å². The molecule has 3 aromatic rings. The van der Waals surface area contributed by atoms with Gasteiger partial charge in [-0.3, -0.25) is 4.79 Å². The van der Waals surface area contributed by atoms with Gasteiger partial charge in [0.1, 0.15) is 11.3 Å². The number of hydrogen-bond acceptors (Lipinski definition) is 5. The first-order valence-electron chi connectivity index (χ1n) is 8.14. The molecule has 6 nitrogen and oxygen atoms in total. The molecule has 0 aliphatic rings. The van der Waals surface area contributed by atoms with Crippen LogP contribution < -0.4 is 20.4 Å². The van der Waals surface area contributed by atoms with Crippen molar-refractivity contribution in [3.8, 4) is 23.3 Å². The number of ether oxygens (including phenoxy) is 2. The molecule has 136 valence electrons. The van der Waals surface area contributed by atoms with E-state index in [2.05, 4.69) is 17.2 Å². The zero-order valence-electron chi connectivity index (χ0n) is 14.9. The smallest absolute Gasteiger partial charge is 0.349 e. The van der Waals surface area contributed by atoms with E-state index in [-0.39, 0.29) is 12.1 Å². The highest BCUT2D eigenvalue weighted by Gasteiger charge is 2.14. The summed E-state index contributed by atoms with van der Waals surface area (Å²) < 4.78 is 15.5. The van der Waals surface area contributed by atoms with Crippen LogP contribution in [0, 0.1) is 11.8 Å². The summed E-state index contributed by atoms with van der Waals surface area (Å²) >= 11 is 0. The van der Waals surface area contributed by atoms with E-state index in [1.54, 1.807) is 37.4 Å². The molecule has 0 bridgehead atoms. The van der Waals surface area contributed by atoms with Crippen molar-refractivity contribution in [3.63, 3.8) is 0 Å². The van der Waals surface area contributed by atoms with Gasteiger partial charge in [0, 0.05) is 10.9 Å². The van der Waals surface area contributed by atoms with Gasteiger partial charge in [0.15, 0.2) is 11.3 Å². The number of amides is 1. The number of benzene rings is 2. The third-order valence-electron chi connectivity index (χ3n) is 3.85. The molecule has 0 saturated carbocycles. The van der Waals surface area contributed by atoms with Crippen molar-refractivity contribution in [2.24, 2.45) is 0 Å². The number of carbonyl (C=O) groups is 1. The van der Waals surface area contributed by atoms with Gasteiger partial charge in [0.05, 0.1) is 20.8 Å². The highest BCUT2D eigenvalue weighted by molar-refractivity contribution is 5.97. The minimum Gasteiger partial charge on any atom is -0.497 e. The van der Waals surface area contributed by atoms with Crippen LogP contribution >= 0.6 is 0 Å². The molecule has 0 saturated heterocycles. The Labute approximate surface area is 155 Å². The van der Waals surface area contributed by atoms with E-state index in [0.717, 1.165) is 11.3 Å². The van der Waals surface area contributed by atoms with Crippen LogP contribution in [-0.4, -0.2) is 26.7 Å². The third kappa shape index (κ3) is 4.10. The molecular weight excluding hydrogens is 346 g/mol. The van der Waals surface area contributed by atoms with Gasteiger partial charge < -0.3 is 19.2 Å². The first-order valence-corrected chi connectivity index (χ1v) is 8.14. The number of methoxy groups -OCH3 is 2. The number of para-hydroxylation sites is 1. The lowest BCUT2D eigenvalue weighted by atomic mass is 10.1. The lowest BCUT2D eigenvalue weighted by Crippen LogP contribution is -2.28. The van der Waals surface area contributed by atoms with Crippen LogP contribution in [0.5, 0.6) is 11.5 Å². The molecule has 27 heavy (non-hydrogen) atoms. The Morgan fingerprint density at radius 2 is 1.89 bits per heavy atom. The monoisotopic (exact) mass is 363 g/mol. The van der Waals surface area contributed by atoms with Gasteiger partial charge in [-0.1, -0.05) is 24.0 Å². The fraction of sp³-hybridized carbons (Fsp3) is 0.143. The molecule has 3 rings (SSSR count). The van der Waals surface area contributed by atoms with E-state index in [1.807, 2.05) is 12.1 Å². The molecule has 0 fully saturated rings. The minimum atomic E-state index is -0.729. The Balaban J connectivity index is 1.72. The molecule has 0 unspecified atom stereocenters. The average Bonchev–Trinajstić information content (AvgIpc) is 2.70. The molecule has 0 spiro atoms. The van der Waals surface area contributed by atoms with E-state index in [1.165, 1.54) is 13.2 Å². The number of nitrogens with one attached hydrogen (secondary N) is 1. The summed E-state index contributed by atoms with van der Waals surface area (Å²) in [5, 5.41) is 3.20. The molecule has 6 heteroatoms. The lowest BCUT2D eigenvalue weighted by Gasteiger charge is -2.05. The van der Waals surface area contributed by atoms with Gasteiger partial charge in [0.2, 0.25) is 0 Å². The molecule has 1 aromatic heterocycles. The van der Waals surface area contributed by atoms with Gasteiger partial charge in [-0.15, -0.1) is 0 Å². The first-order chi connectivity index (χ1) is 13.1. The van der Waals surface area contributed by atoms with Crippen LogP contribution in [-0.2, 0) is 0 Å². The van der Waals surface area contributed by atoms with E-state index in [4.69, 9.17) is 13.9 Å². The number of carbonyl (C=O) groups excluding carboxylic acids is 1. The maximum absolute atomic E-state index is 12.3. The van der Waals surface area contributed by atoms with Crippen molar-refractivity contribution in [2.45, 2.75) is 0 Å². The number of fused-ring (bicyclic) bond motifs is 1. The molecule has 0 atom stereocenters. The standard InChI is InChI=1S/C21H17NO5/c1-25-16-10-8-14(9-11-16)5-4-12-22-20(23)17-13-15-6-3-7-18(26-2)19(15)27-21(17)24/h3,6-11,13H,12H2,1-2H3,(H,22,23). The Morgan fingerprint density at radius 1 is 1.11 bits per heavy atom. The zero-order valence-corrected chi connectivity index (χ0v) is 14.9. The van der Waals surface area contributed by atoms with Gasteiger partial charge in [-0.25, -0.2) is 4.79 Å². The van der Waals surface area contributed by atoms with Crippen LogP contribution in [0.2, 0.25) is 0 Å². The van der Waals surface area contributed by atoms with Crippen molar-refractivity contribution in [1.82, 2.24) is 5.32 Å². The Hall–Kier alpha value is -3.72. The van der Waals surface area contributed by atoms with Crippen LogP contribution in [0.3, 0.4) is 0 Å². The van der Waals surface area contributed by atoms with E-state index in [9.17, 15) is 9.59 Å². The second kappa shape index (κ2) is 8.11. The van der Waals surface area contributed by atoms with E-state index in [0.29, 0.717) is 16.7 Å². The third-order valence-corrected chi connectivity index (χ3v) is 3.85. The Bertz CT molecular complexity index is 1090. The van der Waals surface area contributed by atoms with E-state index < -0.39 is 11.5 Å². The lowest BCUT2D eigenvalue weighted by molar-refractivity contribution is 0.0955. The fourth-order valence-corrected chi connectivity index (χ4v) is 2.48. The summed E-state index contributed by atoms with van der Waals surface area (Å²) in [6.07, 6.45) is 0. The average molecular weight is 363 g/mol. The molecular formula is C21H17NO5. The predicted octanol–water partition coefficient (Wildman–Crippen LogP) is 2.59. The molecule has 2 aromatic carbocycles. The van der Waals surface area contributed by atoms with Gasteiger partial charge >= 0.3 is 5.63 Å². The van der Waals surface area contributed by atoms with Crippen LogP contribution in [0.1, 0.15) is 15.9 Å². The SMILES string of the molecule is COc1ccc(C#CCNC(=O)c2cc3cccc(OC)c3oc2=O)cc1. The summed E-state index contributed by atoms with van der Waals surface area (Å²) in [7, 11) is 3.08. The molecule has 1 amide bonds. The Kier molecular flexibility index (Phi) is 5.43. The van der Waals surface area contributed by atoms with Crippen molar-refractivity contribution >= 4 is 16.9 Å². The highest BCUT2D eigenvalue weighted by Crippen LogP contribution is 2.24. The summed E-state index contributed by atoms with van der Waals surface area (Å²) in [6, 6.07) is 13.9. The van der Waals surface area contributed by atoms with Gasteiger partial charge in [0.25, 0.3) is 5.91 Å². The van der Waals surface area contributed by atoms with Crippen LogP contribution in [0.4, 0.5) is 0 Å². The maximum Gasteiger partial charge on any atom is 0.349 e. The van der Waals surface area contributed by atoms with E-state index >= 15 is 0 Å². The van der Waals surface area contributed by atoms with Crippen molar-refractivity contribution in [3.05, 3.63) is 70.1 Å². The molecule has 1 heterocycles. The summed E-state index contributed by atoms with van der Waals surface area (Å²) in [5.74, 6) is 6.40. The zero-order chi connectivity index (χ0) is 19.2. The second-order valence-electron chi connectivity index (χ2n) is 5.54. The summed E-state index contributed by atoms with van der Waals surface area (Å²) in [6.45, 7) is 0.0977. The molecule has 1 N–H and O–H groups in total. The van der Waals surface area contributed by atoms with Crippen LogP contribution in [0.15, 0.2) is 57.7 Å². The molecule has 0 aliphatic carbocycles. The largest absolute Gasteiger partial charge is 0.497 e. The van der Waals surface area contributed by atoms with Gasteiger partial charge in [-0.2, -0.15) is 0 Å². The molecule has 0 radical (unpaired) electrons. The first kappa shape index (κ1) is 18.1. The topological polar surface area (TPSA) is 77.8 Å². The summed E-state index contributed by atoms with van der Waals surface area (Å²) in [4.78, 5) is 24.4. The van der Waals surface area contributed by atoms with Crippen molar-refractivity contribution < 1.29 is 18.7 Å². The van der Waals surface area contributed by atoms with Crippen molar-refractivity contribution in [2.75, 3.05) is 20.8 Å². The molecule has 0 aliphatic heterocycles. The predicted molar refractivity (Wildman–Crippen MR) is 101 cm³/mol. The fourth-order valence-electron chi connectivity index (χ4n) is 2.48. The summed E-state index contributed by atoms with van der Waals surface area (Å²) in [5.41, 5.74) is 0.290. The maximum atomic E-state index is 12.3. The van der Waals surface area contributed by atoms with Crippen LogP contribution in [0.25, 0.3) is 11.0 Å². The van der Waals surface area contributed by atoms with Crippen molar-refractivity contribution in [1.29, 1.82) is 0 Å². The Morgan fingerprint density at radius 3 is 2.59 bits per heavy atom. The minimum absolute atomic E-state index is 0.0815. The highest BCUT2D eigenvalue weighted by atomic mass is 16.5. The quantitative estimate of drug-likeness (QED) is 0.569. The number of hydrogen-bond donors (Lipinski definition) is 1.